The number of aromatic amines is 2. The summed E-state index contributed by atoms with van der Waals surface area (Å²) in [7, 11) is 0. The maximum atomic E-state index is 13.9. The van der Waals surface area contributed by atoms with Crippen molar-refractivity contribution in [2.24, 2.45) is 0 Å². The van der Waals surface area contributed by atoms with Gasteiger partial charge in [-0.25, -0.2) is 8.78 Å². The van der Waals surface area contributed by atoms with Gasteiger partial charge in [0.2, 0.25) is 0 Å². The molecule has 7 heteroatoms. The molecule has 0 aliphatic heterocycles. The molecule has 0 unspecified atom stereocenters. The van der Waals surface area contributed by atoms with Gasteiger partial charge < -0.3 is 15.3 Å². The summed E-state index contributed by atoms with van der Waals surface area (Å²) in [6.07, 6.45) is 0.495. The lowest BCUT2D eigenvalue weighted by Gasteiger charge is -2.05. The number of halogens is 3. The monoisotopic (exact) mass is 387 g/mol. The topological polar surface area (TPSA) is 60.7 Å². The van der Waals surface area contributed by atoms with Gasteiger partial charge in [-0.3, -0.25) is 4.79 Å². The number of hydrogen-bond donors (Lipinski definition) is 3. The highest BCUT2D eigenvalue weighted by Crippen LogP contribution is 2.26. The van der Waals surface area contributed by atoms with Crippen molar-refractivity contribution in [1.29, 1.82) is 0 Å². The maximum absolute atomic E-state index is 13.9. The number of nitrogens with one attached hydrogen (secondary N) is 3. The van der Waals surface area contributed by atoms with E-state index in [0.717, 1.165) is 28.2 Å². The van der Waals surface area contributed by atoms with Gasteiger partial charge in [-0.2, -0.15) is 0 Å². The van der Waals surface area contributed by atoms with Gasteiger partial charge in [0.1, 0.15) is 5.69 Å². The van der Waals surface area contributed by atoms with Crippen LogP contribution in [0.25, 0.3) is 21.8 Å². The van der Waals surface area contributed by atoms with E-state index < -0.39 is 11.6 Å². The zero-order chi connectivity index (χ0) is 19.1. The lowest BCUT2D eigenvalue weighted by molar-refractivity contribution is 0.0950. The molecule has 0 atom stereocenters. The van der Waals surface area contributed by atoms with Crippen molar-refractivity contribution in [2.45, 2.75) is 13.3 Å². The van der Waals surface area contributed by atoms with Crippen LogP contribution < -0.4 is 5.32 Å². The Kier molecular flexibility index (Phi) is 4.36. The number of carbonyl (C=O) groups is 1. The number of hydrogen-bond acceptors (Lipinski definition) is 1. The summed E-state index contributed by atoms with van der Waals surface area (Å²) < 4.78 is 27.3. The summed E-state index contributed by atoms with van der Waals surface area (Å²) >= 11 is 5.96. The van der Waals surface area contributed by atoms with Gasteiger partial charge in [0, 0.05) is 33.6 Å². The van der Waals surface area contributed by atoms with Crippen LogP contribution in [0.1, 0.15) is 21.7 Å². The summed E-state index contributed by atoms with van der Waals surface area (Å²) in [5, 5.41) is 4.96. The van der Waals surface area contributed by atoms with Crippen LogP contribution in [-0.4, -0.2) is 22.4 Å². The summed E-state index contributed by atoms with van der Waals surface area (Å²) in [5.41, 5.74) is 2.99. The zero-order valence-corrected chi connectivity index (χ0v) is 15.2. The van der Waals surface area contributed by atoms with Gasteiger partial charge in [0.15, 0.2) is 11.6 Å². The predicted molar refractivity (Wildman–Crippen MR) is 102 cm³/mol. The lowest BCUT2D eigenvalue weighted by atomic mass is 10.1. The van der Waals surface area contributed by atoms with Crippen molar-refractivity contribution in [3.63, 3.8) is 0 Å². The third-order valence-corrected chi connectivity index (χ3v) is 4.91. The van der Waals surface area contributed by atoms with Crippen molar-refractivity contribution >= 4 is 39.3 Å². The molecule has 1 amide bonds. The van der Waals surface area contributed by atoms with E-state index in [1.165, 1.54) is 0 Å². The summed E-state index contributed by atoms with van der Waals surface area (Å²) in [6, 6.07) is 9.79. The number of benzene rings is 2. The van der Waals surface area contributed by atoms with Crippen molar-refractivity contribution in [2.75, 3.05) is 6.54 Å². The summed E-state index contributed by atoms with van der Waals surface area (Å²) in [5.74, 6) is -2.01. The molecule has 0 saturated heterocycles. The van der Waals surface area contributed by atoms with Gasteiger partial charge in [-0.1, -0.05) is 17.7 Å². The molecule has 4 nitrogen and oxygen atoms in total. The van der Waals surface area contributed by atoms with Crippen LogP contribution in [0, 0.1) is 18.6 Å². The van der Waals surface area contributed by atoms with Gasteiger partial charge in [-0.15, -0.1) is 0 Å². The lowest BCUT2D eigenvalue weighted by Crippen LogP contribution is -2.26. The quantitative estimate of drug-likeness (QED) is 0.460. The Labute approximate surface area is 158 Å². The number of amides is 1. The molecule has 0 bridgehead atoms. The van der Waals surface area contributed by atoms with Crippen LogP contribution in [-0.2, 0) is 6.42 Å². The molecule has 2 aromatic heterocycles. The number of aryl methyl sites for hydroxylation is 1. The minimum Gasteiger partial charge on any atom is -0.356 e. The van der Waals surface area contributed by atoms with Crippen LogP contribution >= 0.6 is 11.6 Å². The Morgan fingerprint density at radius 3 is 2.78 bits per heavy atom. The Bertz CT molecular complexity index is 1180. The van der Waals surface area contributed by atoms with E-state index in [9.17, 15) is 13.6 Å². The normalized spacial score (nSPS) is 11.4. The first kappa shape index (κ1) is 17.5. The molecule has 4 aromatic rings. The molecule has 0 aliphatic carbocycles. The van der Waals surface area contributed by atoms with Crippen LogP contribution in [0.15, 0.2) is 36.4 Å². The number of H-pyrrole nitrogens is 2. The second kappa shape index (κ2) is 6.70. The second-order valence-electron chi connectivity index (χ2n) is 6.43. The standard InChI is InChI=1S/C20H16ClF2N3O/c1-10-13(14-4-5-15(22)18(23)19(14)25-10)6-7-24-20(27)17-8-11-2-3-12(21)9-16(11)26-17/h2-5,8-9,25-26H,6-7H2,1H3,(H,24,27). The van der Waals surface area contributed by atoms with E-state index >= 15 is 0 Å². The SMILES string of the molecule is Cc1[nH]c2c(F)c(F)ccc2c1CCNC(=O)c1cc2ccc(Cl)cc2[nH]1. The molecule has 0 fully saturated rings. The molecule has 2 aromatic carbocycles. The van der Waals surface area contributed by atoms with E-state index in [0.29, 0.717) is 29.1 Å². The number of carbonyl (C=O) groups excluding carboxylic acids is 1. The van der Waals surface area contributed by atoms with Crippen LogP contribution in [0.2, 0.25) is 5.02 Å². The van der Waals surface area contributed by atoms with Crippen molar-refractivity contribution in [3.8, 4) is 0 Å². The molecule has 4 rings (SSSR count). The molecule has 0 radical (unpaired) electrons. The minimum atomic E-state index is -0.887. The Morgan fingerprint density at radius 2 is 1.96 bits per heavy atom. The fourth-order valence-electron chi connectivity index (χ4n) is 3.33. The van der Waals surface area contributed by atoms with Crippen LogP contribution in [0.3, 0.4) is 0 Å². The molecular weight excluding hydrogens is 372 g/mol. The highest BCUT2D eigenvalue weighted by atomic mass is 35.5. The first-order chi connectivity index (χ1) is 12.9. The van der Waals surface area contributed by atoms with E-state index in [-0.39, 0.29) is 11.4 Å². The van der Waals surface area contributed by atoms with E-state index in [2.05, 4.69) is 15.3 Å². The molecule has 2 heterocycles. The van der Waals surface area contributed by atoms with E-state index in [1.807, 2.05) is 6.07 Å². The number of fused-ring (bicyclic) bond motifs is 2. The Hall–Kier alpha value is -2.86. The van der Waals surface area contributed by atoms with Crippen molar-refractivity contribution in [1.82, 2.24) is 15.3 Å². The van der Waals surface area contributed by atoms with Crippen molar-refractivity contribution < 1.29 is 13.6 Å². The Balaban J connectivity index is 1.49. The van der Waals surface area contributed by atoms with Gasteiger partial charge in [0.25, 0.3) is 5.91 Å². The first-order valence-corrected chi connectivity index (χ1v) is 8.83. The number of aromatic nitrogens is 2. The second-order valence-corrected chi connectivity index (χ2v) is 6.87. The van der Waals surface area contributed by atoms with E-state index in [1.54, 1.807) is 31.2 Å². The highest BCUT2D eigenvalue weighted by Gasteiger charge is 2.15. The van der Waals surface area contributed by atoms with Crippen molar-refractivity contribution in [3.05, 3.63) is 70.0 Å². The third-order valence-electron chi connectivity index (χ3n) is 4.67. The predicted octanol–water partition coefficient (Wildman–Crippen LogP) is 4.86. The molecule has 138 valence electrons. The Morgan fingerprint density at radius 1 is 1.15 bits per heavy atom. The molecule has 0 saturated carbocycles. The number of rotatable bonds is 4. The molecule has 0 aliphatic rings. The van der Waals surface area contributed by atoms with Gasteiger partial charge >= 0.3 is 0 Å². The average Bonchev–Trinajstić information content (AvgIpc) is 3.19. The molecular formula is C20H16ClF2N3O. The fraction of sp³-hybridized carbons (Fsp3) is 0.150. The minimum absolute atomic E-state index is 0.154. The fourth-order valence-corrected chi connectivity index (χ4v) is 3.50. The third kappa shape index (κ3) is 3.17. The average molecular weight is 388 g/mol. The van der Waals surface area contributed by atoms with Gasteiger partial charge in [0.05, 0.1) is 5.52 Å². The zero-order valence-electron chi connectivity index (χ0n) is 14.4. The van der Waals surface area contributed by atoms with Crippen LogP contribution in [0.5, 0.6) is 0 Å². The molecule has 27 heavy (non-hydrogen) atoms. The molecule has 3 N–H and O–H groups in total. The summed E-state index contributed by atoms with van der Waals surface area (Å²) in [4.78, 5) is 18.3. The summed E-state index contributed by atoms with van der Waals surface area (Å²) in [6.45, 7) is 2.16. The largest absolute Gasteiger partial charge is 0.356 e. The van der Waals surface area contributed by atoms with E-state index in [4.69, 9.17) is 11.6 Å². The smallest absolute Gasteiger partial charge is 0.267 e. The maximum Gasteiger partial charge on any atom is 0.267 e. The molecule has 0 spiro atoms. The van der Waals surface area contributed by atoms with Crippen LogP contribution in [0.4, 0.5) is 8.78 Å². The highest BCUT2D eigenvalue weighted by molar-refractivity contribution is 6.31. The van der Waals surface area contributed by atoms with Gasteiger partial charge in [-0.05, 0) is 49.2 Å². The first-order valence-electron chi connectivity index (χ1n) is 8.45.